The van der Waals surface area contributed by atoms with Gasteiger partial charge in [0.15, 0.2) is 0 Å². The number of hydrogen-bond acceptors (Lipinski definition) is 0. The molecule has 1 fully saturated rings. The summed E-state index contributed by atoms with van der Waals surface area (Å²) in [6.07, 6.45) is 22.2. The third-order valence-electron chi connectivity index (χ3n) is 4.48. The summed E-state index contributed by atoms with van der Waals surface area (Å²) in [5, 5.41) is 0. The second-order valence-corrected chi connectivity index (χ2v) is 6.16. The Bertz CT molecular complexity index is 337. The van der Waals surface area contributed by atoms with Gasteiger partial charge in [0.25, 0.3) is 0 Å². The molecule has 0 atom stereocenters. The van der Waals surface area contributed by atoms with Gasteiger partial charge in [0.1, 0.15) is 18.4 Å². The quantitative estimate of drug-likeness (QED) is 0.477. The summed E-state index contributed by atoms with van der Waals surface area (Å²) in [5.41, 5.74) is 0. The van der Waals surface area contributed by atoms with E-state index >= 15 is 0 Å². The molecule has 1 aromatic rings. The molecule has 1 aliphatic rings. The second-order valence-electron chi connectivity index (χ2n) is 6.16. The highest BCUT2D eigenvalue weighted by Gasteiger charge is 2.19. The Balaban J connectivity index is 1.66. The summed E-state index contributed by atoms with van der Waals surface area (Å²) in [6, 6.07) is 0.777. The highest BCUT2D eigenvalue weighted by molar-refractivity contribution is 4.77. The Kier molecular flexibility index (Phi) is 6.46. The van der Waals surface area contributed by atoms with Crippen LogP contribution in [0.15, 0.2) is 18.7 Å². The van der Waals surface area contributed by atoms with Crippen LogP contribution in [0.1, 0.15) is 83.6 Å². The lowest BCUT2D eigenvalue weighted by atomic mass is 9.95. The predicted molar refractivity (Wildman–Crippen MR) is 80.1 cm³/mol. The van der Waals surface area contributed by atoms with E-state index in [4.69, 9.17) is 0 Å². The minimum atomic E-state index is 0.777. The van der Waals surface area contributed by atoms with Crippen molar-refractivity contribution in [2.45, 2.75) is 90.1 Å². The molecule has 2 rings (SSSR count). The minimum Gasteiger partial charge on any atom is -0.237 e. The predicted octanol–water partition coefficient (Wildman–Crippen LogP) is 4.64. The van der Waals surface area contributed by atoms with E-state index in [1.165, 1.54) is 77.2 Å². The summed E-state index contributed by atoms with van der Waals surface area (Å²) in [4.78, 5) is 0. The van der Waals surface area contributed by atoms with E-state index in [0.717, 1.165) is 6.04 Å². The minimum absolute atomic E-state index is 0.777. The van der Waals surface area contributed by atoms with Gasteiger partial charge in [-0.05, 0) is 38.5 Å². The summed E-state index contributed by atoms with van der Waals surface area (Å²) in [6.45, 7) is 3.48. The molecule has 0 aliphatic heterocycles. The van der Waals surface area contributed by atoms with Gasteiger partial charge in [0.05, 0.1) is 6.54 Å². The van der Waals surface area contributed by atoms with Gasteiger partial charge in [-0.15, -0.1) is 0 Å². The van der Waals surface area contributed by atoms with E-state index in [9.17, 15) is 0 Å². The first-order valence-corrected chi connectivity index (χ1v) is 8.46. The van der Waals surface area contributed by atoms with Gasteiger partial charge in [0.2, 0.25) is 6.33 Å². The van der Waals surface area contributed by atoms with Crippen LogP contribution in [-0.2, 0) is 6.54 Å². The van der Waals surface area contributed by atoms with E-state index in [1.807, 2.05) is 0 Å². The molecule has 1 heterocycles. The van der Waals surface area contributed by atoms with E-state index in [-0.39, 0.29) is 0 Å². The van der Waals surface area contributed by atoms with Gasteiger partial charge in [-0.1, -0.05) is 39.0 Å². The Morgan fingerprint density at radius 2 is 1.74 bits per heavy atom. The standard InChI is InChI=1S/C17H31N2/c1-2-3-4-5-6-10-13-18-14-15-19(16-18)17-11-8-7-9-12-17/h14-17H,2-13H2,1H3/q+1. The average molecular weight is 263 g/mol. The number of aromatic nitrogens is 2. The maximum atomic E-state index is 2.45. The molecule has 0 amide bonds. The molecule has 19 heavy (non-hydrogen) atoms. The second kappa shape index (κ2) is 8.39. The van der Waals surface area contributed by atoms with Crippen LogP contribution >= 0.6 is 0 Å². The van der Waals surface area contributed by atoms with E-state index in [2.05, 4.69) is 34.8 Å². The van der Waals surface area contributed by atoms with Crippen molar-refractivity contribution in [3.8, 4) is 0 Å². The molecule has 0 unspecified atom stereocenters. The lowest BCUT2D eigenvalue weighted by molar-refractivity contribution is -0.697. The van der Waals surface area contributed by atoms with Gasteiger partial charge < -0.3 is 0 Å². The number of nitrogens with zero attached hydrogens (tertiary/aromatic N) is 2. The van der Waals surface area contributed by atoms with Crippen molar-refractivity contribution in [2.24, 2.45) is 0 Å². The fraction of sp³-hybridized carbons (Fsp3) is 0.824. The molecule has 0 bridgehead atoms. The molecule has 1 aromatic heterocycles. The Morgan fingerprint density at radius 3 is 2.53 bits per heavy atom. The van der Waals surface area contributed by atoms with Crippen LogP contribution in [0.25, 0.3) is 0 Å². The third kappa shape index (κ3) is 5.00. The van der Waals surface area contributed by atoms with Crippen LogP contribution in [0.5, 0.6) is 0 Å². The van der Waals surface area contributed by atoms with Crippen molar-refractivity contribution in [3.05, 3.63) is 18.7 Å². The topological polar surface area (TPSA) is 8.81 Å². The molecule has 1 aliphatic carbocycles. The van der Waals surface area contributed by atoms with Crippen molar-refractivity contribution in [1.82, 2.24) is 4.57 Å². The smallest absolute Gasteiger partial charge is 0.237 e. The SMILES string of the molecule is CCCCCCCC[n+]1ccn(C2CCCCC2)c1. The van der Waals surface area contributed by atoms with E-state index in [1.54, 1.807) is 0 Å². The molecule has 0 N–H and O–H groups in total. The normalized spacial score (nSPS) is 16.9. The highest BCUT2D eigenvalue weighted by Crippen LogP contribution is 2.27. The summed E-state index contributed by atoms with van der Waals surface area (Å²) in [5.74, 6) is 0. The lowest BCUT2D eigenvalue weighted by Crippen LogP contribution is -2.31. The molecular formula is C17H31N2+. The van der Waals surface area contributed by atoms with E-state index < -0.39 is 0 Å². The van der Waals surface area contributed by atoms with Crippen LogP contribution < -0.4 is 4.57 Å². The molecule has 2 nitrogen and oxygen atoms in total. The average Bonchev–Trinajstić information content (AvgIpc) is 2.92. The summed E-state index contributed by atoms with van der Waals surface area (Å²) >= 11 is 0. The molecule has 1 saturated carbocycles. The van der Waals surface area contributed by atoms with Gasteiger partial charge in [-0.3, -0.25) is 0 Å². The maximum Gasteiger partial charge on any atom is 0.243 e. The largest absolute Gasteiger partial charge is 0.243 e. The van der Waals surface area contributed by atoms with Crippen LogP contribution in [-0.4, -0.2) is 4.57 Å². The molecule has 0 aromatic carbocycles. The number of rotatable bonds is 8. The van der Waals surface area contributed by atoms with Gasteiger partial charge in [-0.25, -0.2) is 9.13 Å². The molecule has 0 saturated heterocycles. The van der Waals surface area contributed by atoms with Crippen LogP contribution in [0.4, 0.5) is 0 Å². The van der Waals surface area contributed by atoms with Crippen molar-refractivity contribution >= 4 is 0 Å². The van der Waals surface area contributed by atoms with Crippen molar-refractivity contribution in [3.63, 3.8) is 0 Å². The van der Waals surface area contributed by atoms with Crippen molar-refractivity contribution in [2.75, 3.05) is 0 Å². The van der Waals surface area contributed by atoms with Crippen molar-refractivity contribution < 1.29 is 4.57 Å². The molecule has 0 radical (unpaired) electrons. The summed E-state index contributed by atoms with van der Waals surface area (Å²) in [7, 11) is 0. The van der Waals surface area contributed by atoms with Gasteiger partial charge in [0, 0.05) is 0 Å². The maximum absolute atomic E-state index is 2.45. The van der Waals surface area contributed by atoms with Crippen LogP contribution in [0, 0.1) is 0 Å². The van der Waals surface area contributed by atoms with Gasteiger partial charge in [-0.2, -0.15) is 0 Å². The monoisotopic (exact) mass is 263 g/mol. The number of aryl methyl sites for hydroxylation is 1. The lowest BCUT2D eigenvalue weighted by Gasteiger charge is -2.18. The molecule has 108 valence electrons. The fourth-order valence-corrected chi connectivity index (χ4v) is 3.21. The Hall–Kier alpha value is -0.790. The first kappa shape index (κ1) is 14.6. The van der Waals surface area contributed by atoms with Gasteiger partial charge >= 0.3 is 0 Å². The van der Waals surface area contributed by atoms with Crippen molar-refractivity contribution in [1.29, 1.82) is 0 Å². The molecule has 2 heteroatoms. The summed E-state index contributed by atoms with van der Waals surface area (Å²) < 4.78 is 4.84. The third-order valence-corrected chi connectivity index (χ3v) is 4.48. The number of imidazole rings is 1. The van der Waals surface area contributed by atoms with E-state index in [0.29, 0.717) is 0 Å². The Morgan fingerprint density at radius 1 is 1.00 bits per heavy atom. The molecule has 0 spiro atoms. The number of hydrogen-bond donors (Lipinski definition) is 0. The molecular weight excluding hydrogens is 232 g/mol. The Labute approximate surface area is 118 Å². The highest BCUT2D eigenvalue weighted by atomic mass is 15.1. The zero-order valence-electron chi connectivity index (χ0n) is 12.7. The first-order valence-electron chi connectivity index (χ1n) is 8.46. The van der Waals surface area contributed by atoms with Crippen LogP contribution in [0.3, 0.4) is 0 Å². The zero-order valence-corrected chi connectivity index (χ0v) is 12.7. The fourth-order valence-electron chi connectivity index (χ4n) is 3.21. The zero-order chi connectivity index (χ0) is 13.3. The first-order chi connectivity index (χ1) is 9.40. The van der Waals surface area contributed by atoms with Crippen LogP contribution in [0.2, 0.25) is 0 Å². The number of unbranched alkanes of at least 4 members (excludes halogenated alkanes) is 5.